The van der Waals surface area contributed by atoms with Crippen LogP contribution in [0.1, 0.15) is 0 Å². The smallest absolute Gasteiger partial charge is 0.143 e. The van der Waals surface area contributed by atoms with Gasteiger partial charge in [0.25, 0.3) is 0 Å². The summed E-state index contributed by atoms with van der Waals surface area (Å²) in [6, 6.07) is 51.9. The summed E-state index contributed by atoms with van der Waals surface area (Å²) in [5.41, 5.74) is 8.41. The molecule has 44 heavy (non-hydrogen) atoms. The Kier molecular flexibility index (Phi) is 4.75. The van der Waals surface area contributed by atoms with E-state index < -0.39 is 0 Å². The van der Waals surface area contributed by atoms with Crippen molar-refractivity contribution in [3.8, 4) is 22.3 Å². The molecule has 0 saturated heterocycles. The second-order valence-corrected chi connectivity index (χ2v) is 11.6. The summed E-state index contributed by atoms with van der Waals surface area (Å²) in [5.74, 6) is 0. The fraction of sp³-hybridized carbons (Fsp3) is 0. The molecule has 0 saturated carbocycles. The van der Waals surface area contributed by atoms with Crippen LogP contribution < -0.4 is 0 Å². The van der Waals surface area contributed by atoms with Gasteiger partial charge in [-0.1, -0.05) is 115 Å². The molecule has 8 aromatic carbocycles. The van der Waals surface area contributed by atoms with Gasteiger partial charge in [0.2, 0.25) is 0 Å². The standard InChI is InChI=1S/C42H24O2/c1-2-12-27-25(11-1)23-35-29-14-8-10-20-37(29)44-42(35)41(27)40-32-17-5-3-15-30(32)39(31-16-4-6-18-33(31)40)26-21-22-38-34(24-26)28-13-7-9-19-36(28)43-38/h1-24H. The number of fused-ring (bicyclic) bond motifs is 9. The Hall–Kier alpha value is -5.86. The van der Waals surface area contributed by atoms with Gasteiger partial charge in [-0.3, -0.25) is 0 Å². The van der Waals surface area contributed by atoms with Crippen LogP contribution in [-0.4, -0.2) is 0 Å². The van der Waals surface area contributed by atoms with Gasteiger partial charge in [0.15, 0.2) is 0 Å². The van der Waals surface area contributed by atoms with Crippen molar-refractivity contribution in [3.05, 3.63) is 146 Å². The molecule has 0 aliphatic rings. The minimum Gasteiger partial charge on any atom is -0.456 e. The number of hydrogen-bond acceptors (Lipinski definition) is 2. The first-order chi connectivity index (χ1) is 21.8. The van der Waals surface area contributed by atoms with E-state index in [4.69, 9.17) is 8.83 Å². The van der Waals surface area contributed by atoms with E-state index in [9.17, 15) is 0 Å². The minimum absolute atomic E-state index is 0.906. The molecule has 0 N–H and O–H groups in total. The molecule has 0 aliphatic carbocycles. The molecular formula is C42H24O2. The van der Waals surface area contributed by atoms with Gasteiger partial charge in [-0.05, 0) is 73.8 Å². The lowest BCUT2D eigenvalue weighted by Gasteiger charge is -2.19. The van der Waals surface area contributed by atoms with E-state index in [0.29, 0.717) is 0 Å². The average molecular weight is 561 g/mol. The number of para-hydroxylation sites is 2. The largest absolute Gasteiger partial charge is 0.456 e. The van der Waals surface area contributed by atoms with Crippen molar-refractivity contribution in [2.45, 2.75) is 0 Å². The van der Waals surface area contributed by atoms with Gasteiger partial charge in [-0.15, -0.1) is 0 Å². The number of furan rings is 2. The normalized spacial score (nSPS) is 12.1. The Morgan fingerprint density at radius 1 is 0.295 bits per heavy atom. The van der Waals surface area contributed by atoms with Gasteiger partial charge in [0, 0.05) is 32.7 Å². The predicted molar refractivity (Wildman–Crippen MR) is 184 cm³/mol. The highest BCUT2D eigenvalue weighted by Crippen LogP contribution is 2.49. The molecule has 10 aromatic rings. The van der Waals surface area contributed by atoms with Crippen molar-refractivity contribution in [2.75, 3.05) is 0 Å². The van der Waals surface area contributed by atoms with Crippen molar-refractivity contribution in [3.63, 3.8) is 0 Å². The molecule has 0 spiro atoms. The van der Waals surface area contributed by atoms with Crippen LogP contribution in [-0.2, 0) is 0 Å². The van der Waals surface area contributed by atoms with Crippen LogP contribution in [0.3, 0.4) is 0 Å². The lowest BCUT2D eigenvalue weighted by atomic mass is 9.84. The number of benzene rings is 8. The first kappa shape index (κ1) is 23.7. The number of rotatable bonds is 2. The zero-order valence-corrected chi connectivity index (χ0v) is 23.7. The van der Waals surface area contributed by atoms with Crippen LogP contribution in [0.4, 0.5) is 0 Å². The van der Waals surface area contributed by atoms with E-state index >= 15 is 0 Å². The van der Waals surface area contributed by atoms with E-state index in [1.54, 1.807) is 0 Å². The van der Waals surface area contributed by atoms with Gasteiger partial charge in [-0.25, -0.2) is 0 Å². The molecular weight excluding hydrogens is 536 g/mol. The van der Waals surface area contributed by atoms with Crippen molar-refractivity contribution in [2.24, 2.45) is 0 Å². The maximum absolute atomic E-state index is 6.73. The SMILES string of the molecule is c1ccc2c(-c3c4ccccc4c(-c4ccc5oc6ccccc6c5c4)c4ccccc34)c3oc4ccccc4c3cc2c1. The molecule has 0 bridgehead atoms. The van der Waals surface area contributed by atoms with Gasteiger partial charge in [0.05, 0.1) is 0 Å². The van der Waals surface area contributed by atoms with Crippen LogP contribution in [0.25, 0.3) is 98.4 Å². The highest BCUT2D eigenvalue weighted by atomic mass is 16.3. The first-order valence-corrected chi connectivity index (χ1v) is 15.0. The summed E-state index contributed by atoms with van der Waals surface area (Å²) in [5, 5.41) is 11.8. The van der Waals surface area contributed by atoms with E-state index in [-0.39, 0.29) is 0 Å². The third kappa shape index (κ3) is 3.20. The Labute approximate surface area is 252 Å². The van der Waals surface area contributed by atoms with Gasteiger partial charge in [-0.2, -0.15) is 0 Å². The average Bonchev–Trinajstić information content (AvgIpc) is 3.64. The number of hydrogen-bond donors (Lipinski definition) is 0. The molecule has 204 valence electrons. The molecule has 2 nitrogen and oxygen atoms in total. The first-order valence-electron chi connectivity index (χ1n) is 15.0. The maximum Gasteiger partial charge on any atom is 0.143 e. The minimum atomic E-state index is 0.906. The third-order valence-electron chi connectivity index (χ3n) is 9.24. The molecule has 2 aromatic heterocycles. The summed E-state index contributed by atoms with van der Waals surface area (Å²) in [6.45, 7) is 0. The lowest BCUT2D eigenvalue weighted by molar-refractivity contribution is 0.669. The fourth-order valence-electron chi connectivity index (χ4n) is 7.36. The van der Waals surface area contributed by atoms with E-state index in [0.717, 1.165) is 49.4 Å². The molecule has 0 amide bonds. The van der Waals surface area contributed by atoms with Gasteiger partial charge < -0.3 is 8.83 Å². The van der Waals surface area contributed by atoms with Gasteiger partial charge in [0.1, 0.15) is 22.3 Å². The summed E-state index contributed by atoms with van der Waals surface area (Å²) >= 11 is 0. The third-order valence-corrected chi connectivity index (χ3v) is 9.24. The quantitative estimate of drug-likeness (QED) is 0.197. The molecule has 0 unspecified atom stereocenters. The molecule has 0 radical (unpaired) electrons. The molecule has 2 heteroatoms. The van der Waals surface area contributed by atoms with Crippen LogP contribution >= 0.6 is 0 Å². The lowest BCUT2D eigenvalue weighted by Crippen LogP contribution is -1.92. The van der Waals surface area contributed by atoms with Crippen LogP contribution in [0, 0.1) is 0 Å². The summed E-state index contributed by atoms with van der Waals surface area (Å²) < 4.78 is 12.9. The van der Waals surface area contributed by atoms with Crippen molar-refractivity contribution in [1.29, 1.82) is 0 Å². The van der Waals surface area contributed by atoms with E-state index in [1.165, 1.54) is 49.0 Å². The second-order valence-electron chi connectivity index (χ2n) is 11.6. The Balaban J connectivity index is 1.39. The van der Waals surface area contributed by atoms with Crippen LogP contribution in [0.5, 0.6) is 0 Å². The predicted octanol–water partition coefficient (Wildman–Crippen LogP) is 12.3. The van der Waals surface area contributed by atoms with Crippen molar-refractivity contribution >= 4 is 76.2 Å². The zero-order chi connectivity index (χ0) is 28.8. The molecule has 10 rings (SSSR count). The summed E-state index contributed by atoms with van der Waals surface area (Å²) in [7, 11) is 0. The molecule has 2 heterocycles. The zero-order valence-electron chi connectivity index (χ0n) is 23.7. The van der Waals surface area contributed by atoms with E-state index in [2.05, 4.69) is 127 Å². The Morgan fingerprint density at radius 2 is 0.795 bits per heavy atom. The van der Waals surface area contributed by atoms with Crippen molar-refractivity contribution < 1.29 is 8.83 Å². The van der Waals surface area contributed by atoms with Crippen LogP contribution in [0.2, 0.25) is 0 Å². The Bertz CT molecular complexity index is 2720. The molecule has 0 atom stereocenters. The Morgan fingerprint density at radius 3 is 1.48 bits per heavy atom. The second kappa shape index (κ2) is 8.82. The summed E-state index contributed by atoms with van der Waals surface area (Å²) in [4.78, 5) is 0. The highest BCUT2D eigenvalue weighted by Gasteiger charge is 2.23. The molecule has 0 aliphatic heterocycles. The van der Waals surface area contributed by atoms with Crippen LogP contribution in [0.15, 0.2) is 154 Å². The van der Waals surface area contributed by atoms with Gasteiger partial charge >= 0.3 is 0 Å². The van der Waals surface area contributed by atoms with Crippen molar-refractivity contribution in [1.82, 2.24) is 0 Å². The maximum atomic E-state index is 6.73. The fourth-order valence-corrected chi connectivity index (χ4v) is 7.36. The molecule has 0 fully saturated rings. The highest BCUT2D eigenvalue weighted by molar-refractivity contribution is 6.28. The summed E-state index contributed by atoms with van der Waals surface area (Å²) in [6.07, 6.45) is 0. The topological polar surface area (TPSA) is 26.3 Å². The van der Waals surface area contributed by atoms with E-state index in [1.807, 2.05) is 18.2 Å². The monoisotopic (exact) mass is 560 g/mol.